The molecule has 0 spiro atoms. The summed E-state index contributed by atoms with van der Waals surface area (Å²) in [6, 6.07) is 17.2. The van der Waals surface area contributed by atoms with Gasteiger partial charge in [-0.1, -0.05) is 30.0 Å². The number of pyridine rings is 1. The molecule has 1 aliphatic rings. The van der Waals surface area contributed by atoms with E-state index in [2.05, 4.69) is 32.7 Å². The van der Waals surface area contributed by atoms with Gasteiger partial charge in [-0.2, -0.15) is 0 Å². The third-order valence-corrected chi connectivity index (χ3v) is 5.37. The van der Waals surface area contributed by atoms with Gasteiger partial charge < -0.3 is 15.7 Å². The first-order valence-corrected chi connectivity index (χ1v) is 10.2. The van der Waals surface area contributed by atoms with Gasteiger partial charge in [-0.25, -0.2) is 0 Å². The Labute approximate surface area is 181 Å². The highest BCUT2D eigenvalue weighted by molar-refractivity contribution is 5.93. The third kappa shape index (κ3) is 5.21. The first kappa shape index (κ1) is 20.5. The molecule has 0 radical (unpaired) electrons. The lowest BCUT2D eigenvalue weighted by atomic mass is 10.1. The van der Waals surface area contributed by atoms with E-state index in [-0.39, 0.29) is 5.75 Å². The lowest BCUT2D eigenvalue weighted by Gasteiger charge is -2.36. The minimum absolute atomic E-state index is 0.113. The number of primary amides is 1. The highest BCUT2D eigenvalue weighted by atomic mass is 16.3. The molecule has 0 saturated carbocycles. The summed E-state index contributed by atoms with van der Waals surface area (Å²) in [5, 5.41) is 9.56. The van der Waals surface area contributed by atoms with Crippen LogP contribution in [0.2, 0.25) is 0 Å². The number of anilines is 1. The molecule has 6 nitrogen and oxygen atoms in total. The first-order chi connectivity index (χ1) is 15.1. The fraction of sp³-hybridized carbons (Fsp3) is 0.200. The van der Waals surface area contributed by atoms with Crippen LogP contribution in [-0.4, -0.2) is 47.1 Å². The number of carbonyl (C=O) groups is 1. The third-order valence-electron chi connectivity index (χ3n) is 5.37. The van der Waals surface area contributed by atoms with Gasteiger partial charge in [0, 0.05) is 61.3 Å². The smallest absolute Gasteiger partial charge is 0.248 e. The van der Waals surface area contributed by atoms with E-state index in [0.29, 0.717) is 11.1 Å². The van der Waals surface area contributed by atoms with Gasteiger partial charge in [0.05, 0.1) is 6.20 Å². The molecule has 2 heterocycles. The summed E-state index contributed by atoms with van der Waals surface area (Å²) in [7, 11) is 0. The second-order valence-corrected chi connectivity index (χ2v) is 7.51. The number of nitrogens with two attached hydrogens (primary N) is 1. The summed E-state index contributed by atoms with van der Waals surface area (Å²) in [5.74, 6) is 6.02. The Morgan fingerprint density at radius 2 is 1.74 bits per heavy atom. The molecular weight excluding hydrogens is 388 g/mol. The lowest BCUT2D eigenvalue weighted by Crippen LogP contribution is -2.46. The topological polar surface area (TPSA) is 82.7 Å². The Morgan fingerprint density at radius 3 is 2.45 bits per heavy atom. The predicted octanol–water partition coefficient (Wildman–Crippen LogP) is 2.61. The first-order valence-electron chi connectivity index (χ1n) is 10.2. The molecule has 0 unspecified atom stereocenters. The van der Waals surface area contributed by atoms with E-state index in [9.17, 15) is 9.90 Å². The zero-order chi connectivity index (χ0) is 21.6. The number of hydrogen-bond donors (Lipinski definition) is 2. The molecule has 0 atom stereocenters. The number of hydrogen-bond acceptors (Lipinski definition) is 5. The molecule has 1 saturated heterocycles. The summed E-state index contributed by atoms with van der Waals surface area (Å²) < 4.78 is 0. The van der Waals surface area contributed by atoms with Crippen LogP contribution in [0.25, 0.3) is 0 Å². The van der Waals surface area contributed by atoms with E-state index in [0.717, 1.165) is 44.0 Å². The molecule has 0 bridgehead atoms. The zero-order valence-corrected chi connectivity index (χ0v) is 17.2. The van der Waals surface area contributed by atoms with Crippen molar-refractivity contribution in [1.82, 2.24) is 9.88 Å². The van der Waals surface area contributed by atoms with E-state index < -0.39 is 5.91 Å². The number of piperazine rings is 1. The molecule has 3 aromatic rings. The van der Waals surface area contributed by atoms with Crippen molar-refractivity contribution < 1.29 is 9.90 Å². The van der Waals surface area contributed by atoms with Crippen molar-refractivity contribution in [2.24, 2.45) is 5.73 Å². The fourth-order valence-corrected chi connectivity index (χ4v) is 3.66. The van der Waals surface area contributed by atoms with E-state index in [4.69, 9.17) is 5.73 Å². The van der Waals surface area contributed by atoms with Gasteiger partial charge in [-0.15, -0.1) is 0 Å². The van der Waals surface area contributed by atoms with Crippen LogP contribution in [0.1, 0.15) is 27.0 Å². The molecule has 31 heavy (non-hydrogen) atoms. The maximum atomic E-state index is 11.3. The van der Waals surface area contributed by atoms with Crippen LogP contribution >= 0.6 is 0 Å². The maximum absolute atomic E-state index is 11.3. The second kappa shape index (κ2) is 9.33. The van der Waals surface area contributed by atoms with E-state index in [1.54, 1.807) is 24.4 Å². The molecule has 2 aromatic carbocycles. The van der Waals surface area contributed by atoms with E-state index in [1.165, 1.54) is 11.8 Å². The Morgan fingerprint density at radius 1 is 1.00 bits per heavy atom. The zero-order valence-electron chi connectivity index (χ0n) is 17.2. The fourth-order valence-electron chi connectivity index (χ4n) is 3.66. The van der Waals surface area contributed by atoms with E-state index >= 15 is 0 Å². The van der Waals surface area contributed by atoms with Gasteiger partial charge in [0.1, 0.15) is 5.75 Å². The lowest BCUT2D eigenvalue weighted by molar-refractivity contribution is 0.100. The van der Waals surface area contributed by atoms with Crippen LogP contribution in [-0.2, 0) is 6.54 Å². The number of carbonyl (C=O) groups excluding carboxylic acids is 1. The quantitative estimate of drug-likeness (QED) is 0.644. The van der Waals surface area contributed by atoms with Crippen molar-refractivity contribution >= 4 is 11.6 Å². The van der Waals surface area contributed by atoms with Crippen molar-refractivity contribution in [3.8, 4) is 17.6 Å². The minimum Gasteiger partial charge on any atom is -0.506 e. The van der Waals surface area contributed by atoms with E-state index in [1.807, 2.05) is 30.3 Å². The average Bonchev–Trinajstić information content (AvgIpc) is 2.79. The molecule has 6 heteroatoms. The average molecular weight is 412 g/mol. The van der Waals surface area contributed by atoms with Crippen molar-refractivity contribution in [2.75, 3.05) is 31.1 Å². The van der Waals surface area contributed by atoms with Crippen LogP contribution in [0, 0.1) is 11.8 Å². The summed E-state index contributed by atoms with van der Waals surface area (Å²) in [6.07, 6.45) is 3.04. The Balaban J connectivity index is 1.39. The monoisotopic (exact) mass is 412 g/mol. The van der Waals surface area contributed by atoms with Crippen LogP contribution in [0.5, 0.6) is 5.75 Å². The van der Waals surface area contributed by atoms with Crippen LogP contribution in [0.4, 0.5) is 5.69 Å². The molecule has 4 rings (SSSR count). The largest absolute Gasteiger partial charge is 0.506 e. The number of rotatable bonds is 4. The molecule has 1 aromatic heterocycles. The Hall–Kier alpha value is -3.82. The minimum atomic E-state index is -0.404. The molecule has 0 aliphatic carbocycles. The standard InChI is InChI=1S/C25H24N4O2/c26-25(31)21-7-9-23(10-8-21)29-13-11-28(12-14-29)18-22-4-2-1-3-20(22)6-5-19-15-24(30)17-27-16-19/h1-4,7-10,15-17,30H,11-14,18H2,(H2,26,31). The summed E-state index contributed by atoms with van der Waals surface area (Å²) in [4.78, 5) is 20.0. The van der Waals surface area contributed by atoms with Gasteiger partial charge in [0.2, 0.25) is 5.91 Å². The highest BCUT2D eigenvalue weighted by Crippen LogP contribution is 2.19. The molecule has 1 aliphatic heterocycles. The maximum Gasteiger partial charge on any atom is 0.248 e. The van der Waals surface area contributed by atoms with Crippen molar-refractivity contribution in [3.05, 3.63) is 89.2 Å². The second-order valence-electron chi connectivity index (χ2n) is 7.51. The SMILES string of the molecule is NC(=O)c1ccc(N2CCN(Cc3ccccc3C#Cc3cncc(O)c3)CC2)cc1. The van der Waals surface area contributed by atoms with Gasteiger partial charge in [0.15, 0.2) is 0 Å². The number of aromatic hydroxyl groups is 1. The summed E-state index contributed by atoms with van der Waals surface area (Å²) in [5.41, 5.74) is 9.81. The molecule has 156 valence electrons. The van der Waals surface area contributed by atoms with Gasteiger partial charge in [-0.3, -0.25) is 14.7 Å². The summed E-state index contributed by atoms with van der Waals surface area (Å²) >= 11 is 0. The number of nitrogens with zero attached hydrogens (tertiary/aromatic N) is 3. The number of aromatic nitrogens is 1. The van der Waals surface area contributed by atoms with Crippen LogP contribution in [0.3, 0.4) is 0 Å². The Bertz CT molecular complexity index is 1120. The predicted molar refractivity (Wildman–Crippen MR) is 121 cm³/mol. The molecular formula is C25H24N4O2. The number of benzene rings is 2. The highest BCUT2D eigenvalue weighted by Gasteiger charge is 2.18. The van der Waals surface area contributed by atoms with Crippen molar-refractivity contribution in [3.63, 3.8) is 0 Å². The van der Waals surface area contributed by atoms with Crippen LogP contribution in [0.15, 0.2) is 67.0 Å². The Kier molecular flexibility index (Phi) is 6.16. The normalized spacial score (nSPS) is 14.0. The van der Waals surface area contributed by atoms with Crippen molar-refractivity contribution in [2.45, 2.75) is 6.54 Å². The number of amides is 1. The van der Waals surface area contributed by atoms with Gasteiger partial charge in [0.25, 0.3) is 0 Å². The molecule has 1 amide bonds. The molecule has 1 fully saturated rings. The summed E-state index contributed by atoms with van der Waals surface area (Å²) in [6.45, 7) is 4.54. The molecule has 3 N–H and O–H groups in total. The van der Waals surface area contributed by atoms with Crippen molar-refractivity contribution in [1.29, 1.82) is 0 Å². The van der Waals surface area contributed by atoms with Gasteiger partial charge in [-0.05, 0) is 42.0 Å². The van der Waals surface area contributed by atoms with Gasteiger partial charge >= 0.3 is 0 Å². The van der Waals surface area contributed by atoms with Crippen LogP contribution < -0.4 is 10.6 Å².